The average molecular weight is 755 g/mol. The maximum absolute atomic E-state index is 6.22. The summed E-state index contributed by atoms with van der Waals surface area (Å²) in [5.41, 5.74) is 19.5. The summed E-state index contributed by atoms with van der Waals surface area (Å²) in [4.78, 5) is 5.05. The lowest BCUT2D eigenvalue weighted by atomic mass is 9.33. The molecule has 8 aromatic rings. The Morgan fingerprint density at radius 3 is 1.72 bits per heavy atom. The van der Waals surface area contributed by atoms with Crippen molar-refractivity contribution < 1.29 is 4.42 Å². The first kappa shape index (κ1) is 36.4. The number of nitrogens with zero attached hydrogens (tertiary/aromatic N) is 2. The van der Waals surface area contributed by atoms with Crippen molar-refractivity contribution in [2.24, 2.45) is 0 Å². The van der Waals surface area contributed by atoms with Crippen LogP contribution in [0.4, 0.5) is 34.1 Å². The third-order valence-electron chi connectivity index (χ3n) is 12.5. The van der Waals surface area contributed by atoms with Crippen molar-refractivity contribution in [1.82, 2.24) is 0 Å². The molecule has 0 atom stereocenters. The summed E-state index contributed by atoms with van der Waals surface area (Å²) in [6.45, 7) is 20.9. The molecule has 0 saturated heterocycles. The van der Waals surface area contributed by atoms with E-state index < -0.39 is 0 Å². The van der Waals surface area contributed by atoms with E-state index >= 15 is 0 Å². The number of para-hydroxylation sites is 1. The first-order chi connectivity index (χ1) is 27.6. The molecule has 4 heteroatoms. The topological polar surface area (TPSA) is 19.6 Å². The fraction of sp³-hybridized carbons (Fsp3) is 0.222. The maximum atomic E-state index is 6.22. The van der Waals surface area contributed by atoms with Crippen LogP contribution in [0.25, 0.3) is 33.1 Å². The second-order valence-electron chi connectivity index (χ2n) is 19.5. The molecule has 0 fully saturated rings. The summed E-state index contributed by atoms with van der Waals surface area (Å²) in [5, 5.41) is 2.28. The van der Waals surface area contributed by atoms with Crippen molar-refractivity contribution in [1.29, 1.82) is 0 Å². The van der Waals surface area contributed by atoms with Gasteiger partial charge in [0.25, 0.3) is 6.71 Å². The van der Waals surface area contributed by atoms with E-state index in [0.717, 1.165) is 27.6 Å². The number of hydrogen-bond acceptors (Lipinski definition) is 3. The Hall–Kier alpha value is -6.00. The predicted molar refractivity (Wildman–Crippen MR) is 249 cm³/mol. The van der Waals surface area contributed by atoms with Gasteiger partial charge in [0.1, 0.15) is 11.2 Å². The molecule has 0 aliphatic carbocycles. The molecule has 10 rings (SSSR count). The first-order valence-corrected chi connectivity index (χ1v) is 20.8. The molecule has 0 spiro atoms. The van der Waals surface area contributed by atoms with Crippen LogP contribution in [0, 0.1) is 0 Å². The highest BCUT2D eigenvalue weighted by Gasteiger charge is 2.44. The molecule has 0 unspecified atom stereocenters. The standard InChI is InChI=1S/C54H51BN2O/c1-52(2,3)36-21-25-39(26-22-36)56-45-28-24-37(53(4,5)6)32-44(45)55-43-27-23-38(54(7,8)9)33-48(43)57(47-18-13-17-46(56)51(47)55)40-15-12-14-34(30-40)35-20-29-50-42(31-35)41-16-10-11-19-49(41)58-50/h10-33H,1-9H3. The quantitative estimate of drug-likeness (QED) is 0.168. The van der Waals surface area contributed by atoms with Gasteiger partial charge in [0, 0.05) is 44.9 Å². The first-order valence-electron chi connectivity index (χ1n) is 20.8. The van der Waals surface area contributed by atoms with Gasteiger partial charge >= 0.3 is 0 Å². The largest absolute Gasteiger partial charge is 0.456 e. The second-order valence-corrected chi connectivity index (χ2v) is 19.5. The van der Waals surface area contributed by atoms with Crippen LogP contribution in [0.15, 0.2) is 150 Å². The van der Waals surface area contributed by atoms with E-state index in [1.807, 2.05) is 12.1 Å². The number of hydrogen-bond donors (Lipinski definition) is 0. The normalized spacial score (nSPS) is 13.8. The minimum absolute atomic E-state index is 0.000162. The summed E-state index contributed by atoms with van der Waals surface area (Å²) >= 11 is 0. The molecule has 0 radical (unpaired) electrons. The smallest absolute Gasteiger partial charge is 0.252 e. The Kier molecular flexibility index (Phi) is 7.99. The molecule has 0 N–H and O–H groups in total. The Bertz CT molecular complexity index is 2920. The molecule has 3 heterocycles. The molecule has 0 saturated carbocycles. The average Bonchev–Trinajstić information content (AvgIpc) is 3.57. The molecule has 1 aromatic heterocycles. The van der Waals surface area contributed by atoms with E-state index in [9.17, 15) is 0 Å². The molecule has 3 nitrogen and oxygen atoms in total. The lowest BCUT2D eigenvalue weighted by molar-refractivity contribution is 0.590. The van der Waals surface area contributed by atoms with E-state index in [1.165, 1.54) is 72.6 Å². The lowest BCUT2D eigenvalue weighted by Crippen LogP contribution is -2.61. The zero-order valence-electron chi connectivity index (χ0n) is 35.2. The highest BCUT2D eigenvalue weighted by Crippen LogP contribution is 2.46. The second kappa shape index (κ2) is 12.8. The Morgan fingerprint density at radius 1 is 0.397 bits per heavy atom. The van der Waals surface area contributed by atoms with E-state index in [-0.39, 0.29) is 23.0 Å². The number of anilines is 6. The number of rotatable bonds is 3. The molecule has 2 aliphatic heterocycles. The summed E-state index contributed by atoms with van der Waals surface area (Å²) in [6, 6.07) is 54.7. The third-order valence-corrected chi connectivity index (χ3v) is 12.5. The van der Waals surface area contributed by atoms with Crippen molar-refractivity contribution >= 4 is 79.2 Å². The van der Waals surface area contributed by atoms with Crippen LogP contribution < -0.4 is 26.2 Å². The van der Waals surface area contributed by atoms with Gasteiger partial charge in [-0.2, -0.15) is 0 Å². The van der Waals surface area contributed by atoms with Gasteiger partial charge < -0.3 is 14.2 Å². The zero-order valence-corrected chi connectivity index (χ0v) is 35.2. The van der Waals surface area contributed by atoms with Gasteiger partial charge in [-0.25, -0.2) is 0 Å². The van der Waals surface area contributed by atoms with E-state index in [2.05, 4.69) is 206 Å². The molecule has 58 heavy (non-hydrogen) atoms. The molecular weight excluding hydrogens is 703 g/mol. The summed E-state index contributed by atoms with van der Waals surface area (Å²) in [5.74, 6) is 0. The lowest BCUT2D eigenvalue weighted by Gasteiger charge is -2.45. The van der Waals surface area contributed by atoms with Crippen LogP contribution in [0.3, 0.4) is 0 Å². The summed E-state index contributed by atoms with van der Waals surface area (Å²) in [6.07, 6.45) is 0. The van der Waals surface area contributed by atoms with E-state index in [4.69, 9.17) is 4.42 Å². The van der Waals surface area contributed by atoms with Crippen LogP contribution in [0.2, 0.25) is 0 Å². The SMILES string of the molecule is CC(C)(C)c1ccc(N2c3ccc(C(C)(C)C)cc3B3c4ccc(C(C)(C)C)cc4N(c4cccc(-c5ccc6oc7ccccc7c6c5)c4)c4cccc2c43)cc1. The minimum atomic E-state index is -0.0205. The molecule has 0 amide bonds. The van der Waals surface area contributed by atoms with Crippen LogP contribution in [0.5, 0.6) is 0 Å². The van der Waals surface area contributed by atoms with Crippen LogP contribution in [-0.2, 0) is 16.2 Å². The van der Waals surface area contributed by atoms with Gasteiger partial charge in [-0.3, -0.25) is 0 Å². The number of benzene rings is 7. The van der Waals surface area contributed by atoms with E-state index in [1.54, 1.807) is 0 Å². The van der Waals surface area contributed by atoms with Gasteiger partial charge in [0.15, 0.2) is 0 Å². The number of fused-ring (bicyclic) bond motifs is 7. The van der Waals surface area contributed by atoms with Crippen LogP contribution in [-0.4, -0.2) is 6.71 Å². The van der Waals surface area contributed by atoms with Crippen molar-refractivity contribution in [3.8, 4) is 11.1 Å². The van der Waals surface area contributed by atoms with Crippen LogP contribution >= 0.6 is 0 Å². The molecular formula is C54H51BN2O. The molecule has 286 valence electrons. The Labute approximate surface area is 344 Å². The van der Waals surface area contributed by atoms with Gasteiger partial charge in [0.2, 0.25) is 0 Å². The van der Waals surface area contributed by atoms with Gasteiger partial charge in [-0.05, 0) is 127 Å². The molecule has 7 aromatic carbocycles. The Balaban J connectivity index is 1.21. The monoisotopic (exact) mass is 754 g/mol. The predicted octanol–water partition coefficient (Wildman–Crippen LogP) is 13.2. The highest BCUT2D eigenvalue weighted by molar-refractivity contribution is 7.00. The van der Waals surface area contributed by atoms with Gasteiger partial charge in [0.05, 0.1) is 0 Å². The van der Waals surface area contributed by atoms with Crippen molar-refractivity contribution in [3.05, 3.63) is 162 Å². The van der Waals surface area contributed by atoms with Crippen molar-refractivity contribution in [3.63, 3.8) is 0 Å². The van der Waals surface area contributed by atoms with Gasteiger partial charge in [-0.15, -0.1) is 0 Å². The fourth-order valence-electron chi connectivity index (χ4n) is 9.27. The Morgan fingerprint density at radius 2 is 1.00 bits per heavy atom. The van der Waals surface area contributed by atoms with Crippen LogP contribution in [0.1, 0.15) is 79.0 Å². The zero-order chi connectivity index (χ0) is 40.3. The van der Waals surface area contributed by atoms with E-state index in [0.29, 0.717) is 0 Å². The summed E-state index contributed by atoms with van der Waals surface area (Å²) < 4.78 is 6.22. The third kappa shape index (κ3) is 5.79. The minimum Gasteiger partial charge on any atom is -0.456 e. The van der Waals surface area contributed by atoms with Crippen molar-refractivity contribution in [2.45, 2.75) is 78.6 Å². The number of furan rings is 1. The van der Waals surface area contributed by atoms with Gasteiger partial charge in [-0.1, -0.05) is 141 Å². The fourth-order valence-corrected chi connectivity index (χ4v) is 9.27. The maximum Gasteiger partial charge on any atom is 0.252 e. The summed E-state index contributed by atoms with van der Waals surface area (Å²) in [7, 11) is 0. The molecule has 2 aliphatic rings. The molecule has 0 bridgehead atoms. The highest BCUT2D eigenvalue weighted by atomic mass is 16.3. The van der Waals surface area contributed by atoms with Crippen molar-refractivity contribution in [2.75, 3.05) is 9.80 Å².